The molecule has 1 aromatic rings. The first-order valence-electron chi connectivity index (χ1n) is 3.16. The zero-order chi connectivity index (χ0) is 11.5. The van der Waals surface area contributed by atoms with Crippen LogP contribution in [-0.4, -0.2) is 24.5 Å². The molecule has 0 amide bonds. The first kappa shape index (κ1) is 13.5. The predicted octanol–water partition coefficient (Wildman–Crippen LogP) is 2.05. The Hall–Kier alpha value is -0.522. The summed E-state index contributed by atoms with van der Waals surface area (Å²) in [6, 6.07) is 1.89. The molecule has 0 unspecified atom stereocenters. The average molecular weight is 331 g/mol. The number of aromatic nitrogens is 2. The van der Waals surface area contributed by atoms with Crippen molar-refractivity contribution in [1.82, 2.24) is 4.98 Å². The summed E-state index contributed by atoms with van der Waals surface area (Å²) in [5, 5.41) is 0. The molecule has 0 aromatic carbocycles. The van der Waals surface area contributed by atoms with Crippen LogP contribution in [0.2, 0.25) is 0 Å². The van der Waals surface area contributed by atoms with Gasteiger partial charge >= 0.3 is 36.4 Å². The summed E-state index contributed by atoms with van der Waals surface area (Å²) in [4.78, 5) is 3.85. The van der Waals surface area contributed by atoms with Crippen molar-refractivity contribution in [3.63, 3.8) is 0 Å². The maximum atomic E-state index is 9.93. The number of nitrogens with zero attached hydrogens (tertiary/aromatic N) is 2. The molecular weight excluding hydrogens is 324 g/mol. The van der Waals surface area contributed by atoms with Crippen LogP contribution in [0.1, 0.15) is 0 Å². The van der Waals surface area contributed by atoms with E-state index >= 15 is 0 Å². The fraction of sp³-hybridized carbons (Fsp3) is 0.200. The number of rotatable bonds is 0. The van der Waals surface area contributed by atoms with Gasteiger partial charge in [-0.2, -0.15) is 0 Å². The molecule has 1 rings (SSSR count). The molecule has 1 heterocycles. The molecule has 0 spiro atoms. The molecule has 0 bridgehead atoms. The van der Waals surface area contributed by atoms with E-state index in [-0.39, 0.29) is 0 Å². The summed E-state index contributed by atoms with van der Waals surface area (Å²) in [5.74, 6) is 0. The van der Waals surface area contributed by atoms with Crippen molar-refractivity contribution in [2.75, 3.05) is 0 Å². The van der Waals surface area contributed by atoms with Gasteiger partial charge in [0, 0.05) is 6.07 Å². The quantitative estimate of drug-likeness (QED) is 0.404. The van der Waals surface area contributed by atoms with E-state index in [9.17, 15) is 16.9 Å². The van der Waals surface area contributed by atoms with Gasteiger partial charge in [-0.3, -0.25) is 0 Å². The zero-order valence-corrected chi connectivity index (χ0v) is 9.47. The van der Waals surface area contributed by atoms with Crippen molar-refractivity contribution in [3.8, 4) is 0 Å². The second-order valence-electron chi connectivity index (χ2n) is 2.38. The van der Waals surface area contributed by atoms with Gasteiger partial charge in [-0.25, -0.2) is 4.57 Å². The fourth-order valence-corrected chi connectivity index (χ4v) is 0.406. The topological polar surface area (TPSA) is 16.8 Å². The minimum atomic E-state index is -11.2. The van der Waals surface area contributed by atoms with Gasteiger partial charge in [0.25, 0.3) is 6.33 Å². The fourth-order valence-electron chi connectivity index (χ4n) is 0.406. The molecule has 9 heteroatoms. The van der Waals surface area contributed by atoms with Crippen molar-refractivity contribution >= 4 is 19.5 Å². The van der Waals surface area contributed by atoms with E-state index in [1.165, 1.54) is 0 Å². The van der Waals surface area contributed by atoms with Gasteiger partial charge in [0.1, 0.15) is 6.20 Å². The summed E-state index contributed by atoms with van der Waals surface area (Å²) in [6.07, 6.45) is 5.44. The standard InChI is InChI=1S/C5H7N2.6FH.Sb/c1-7-4-2-3-6-5-7;;;;;;;/h2-5H,1H3;6*1H;/q+1;;;;;;;+5/p-6. The molecular formula is C5H7F6N2Sb. The molecule has 0 atom stereocenters. The molecule has 2 nitrogen and oxygen atoms in total. The number of hydrogen-bond acceptors (Lipinski definition) is 1. The van der Waals surface area contributed by atoms with E-state index in [1.54, 1.807) is 12.5 Å². The van der Waals surface area contributed by atoms with Crippen LogP contribution in [0.4, 0.5) is 16.9 Å². The van der Waals surface area contributed by atoms with Crippen LogP contribution in [0.3, 0.4) is 0 Å². The van der Waals surface area contributed by atoms with Gasteiger partial charge < -0.3 is 0 Å². The Labute approximate surface area is 78.1 Å². The van der Waals surface area contributed by atoms with E-state index in [0.717, 1.165) is 0 Å². The molecule has 0 N–H and O–H groups in total. The first-order chi connectivity index (χ1) is 5.84. The molecule has 0 radical (unpaired) electrons. The molecule has 0 saturated heterocycles. The van der Waals surface area contributed by atoms with E-state index in [2.05, 4.69) is 4.98 Å². The van der Waals surface area contributed by atoms with Crippen LogP contribution >= 0.6 is 0 Å². The van der Waals surface area contributed by atoms with Crippen LogP contribution in [0.5, 0.6) is 0 Å². The van der Waals surface area contributed by atoms with Crippen LogP contribution in [0, 0.1) is 0 Å². The molecule has 1 aromatic heterocycles. The summed E-state index contributed by atoms with van der Waals surface area (Å²) < 4.78 is 61.4. The normalized spacial score (nSPS) is 15.9. The van der Waals surface area contributed by atoms with E-state index < -0.39 is 19.5 Å². The molecule has 0 saturated carbocycles. The van der Waals surface area contributed by atoms with Gasteiger partial charge in [-0.15, -0.1) is 0 Å². The number of hydrogen-bond donors (Lipinski definition) is 0. The zero-order valence-electron chi connectivity index (χ0n) is 6.92. The second kappa shape index (κ2) is 3.25. The Morgan fingerprint density at radius 3 is 1.64 bits per heavy atom. The molecule has 0 aliphatic heterocycles. The van der Waals surface area contributed by atoms with Crippen LogP contribution in [0.25, 0.3) is 0 Å². The predicted molar refractivity (Wildman–Crippen MR) is 37.8 cm³/mol. The molecule has 14 heavy (non-hydrogen) atoms. The van der Waals surface area contributed by atoms with Crippen molar-refractivity contribution < 1.29 is 21.4 Å². The second-order valence-corrected chi connectivity index (χ2v) is 7.85. The summed E-state index contributed by atoms with van der Waals surface area (Å²) in [6.45, 7) is 0. The summed E-state index contributed by atoms with van der Waals surface area (Å²) >= 11 is -11.2. The van der Waals surface area contributed by atoms with E-state index in [1.807, 2.05) is 23.9 Å². The van der Waals surface area contributed by atoms with Crippen LogP contribution in [-0.2, 0) is 7.05 Å². The van der Waals surface area contributed by atoms with Gasteiger partial charge in [0.2, 0.25) is 0 Å². The summed E-state index contributed by atoms with van der Waals surface area (Å²) in [5.41, 5.74) is 0. The summed E-state index contributed by atoms with van der Waals surface area (Å²) in [7, 11) is 1.94. The third-order valence-electron chi connectivity index (χ3n) is 0.742. The van der Waals surface area contributed by atoms with E-state index in [4.69, 9.17) is 0 Å². The number of aryl methyl sites for hydroxylation is 1. The third-order valence-corrected chi connectivity index (χ3v) is 0.742. The van der Waals surface area contributed by atoms with Crippen LogP contribution < -0.4 is 4.57 Å². The third kappa shape index (κ3) is 22.5. The number of halogens is 6. The van der Waals surface area contributed by atoms with Gasteiger partial charge in [-0.05, 0) is 0 Å². The van der Waals surface area contributed by atoms with E-state index in [0.29, 0.717) is 0 Å². The molecule has 0 fully saturated rings. The van der Waals surface area contributed by atoms with Gasteiger partial charge in [0.15, 0.2) is 0 Å². The maximum absolute atomic E-state index is 11.2. The first-order valence-corrected chi connectivity index (χ1v) is 8.95. The van der Waals surface area contributed by atoms with Crippen molar-refractivity contribution in [2.24, 2.45) is 7.05 Å². The Morgan fingerprint density at radius 2 is 1.50 bits per heavy atom. The van der Waals surface area contributed by atoms with Gasteiger partial charge in [-0.1, -0.05) is 4.98 Å². The van der Waals surface area contributed by atoms with Gasteiger partial charge in [0.05, 0.1) is 13.2 Å². The average Bonchev–Trinajstić information content (AvgIpc) is 1.81. The Bertz CT molecular complexity index is 280. The SMILES string of the molecule is C[n+]1cccnc1.[F][Sb-]([F])([F])([F])([F])[F]. The Kier molecular flexibility index (Phi) is 3.13. The Morgan fingerprint density at radius 1 is 1.07 bits per heavy atom. The Balaban J connectivity index is 0.000000241. The monoisotopic (exact) mass is 330 g/mol. The van der Waals surface area contributed by atoms with Crippen molar-refractivity contribution in [3.05, 3.63) is 24.8 Å². The van der Waals surface area contributed by atoms with Crippen LogP contribution in [0.15, 0.2) is 24.8 Å². The van der Waals surface area contributed by atoms with Crippen molar-refractivity contribution in [2.45, 2.75) is 0 Å². The molecule has 0 aliphatic carbocycles. The van der Waals surface area contributed by atoms with Crippen molar-refractivity contribution in [1.29, 1.82) is 0 Å². The molecule has 84 valence electrons. The molecule has 0 aliphatic rings. The minimum absolute atomic E-state index is 1.75.